The fourth-order valence-electron chi connectivity index (χ4n) is 8.98. The van der Waals surface area contributed by atoms with Crippen molar-refractivity contribution < 1.29 is 47.8 Å². The summed E-state index contributed by atoms with van der Waals surface area (Å²) in [6.45, 7) is 20.4. The molecule has 4 aliphatic carbocycles. The molecule has 0 spiro atoms. The number of hydrogen-bond donors (Lipinski definition) is 2. The van der Waals surface area contributed by atoms with Crippen LogP contribution in [0.25, 0.3) is 0 Å². The smallest absolute Gasteiger partial charge is 0.350 e. The third-order valence-electron chi connectivity index (χ3n) is 12.5. The highest BCUT2D eigenvalue weighted by Gasteiger charge is 2.39. The highest BCUT2D eigenvalue weighted by molar-refractivity contribution is 7.88. The van der Waals surface area contributed by atoms with Gasteiger partial charge >= 0.3 is 11.9 Å². The van der Waals surface area contributed by atoms with Gasteiger partial charge in [0, 0.05) is 61.4 Å². The molecule has 0 saturated heterocycles. The molecule has 2 saturated carbocycles. The number of aliphatic hydroxyl groups is 1. The molecule has 0 radical (unpaired) electrons. The zero-order chi connectivity index (χ0) is 53.9. The third-order valence-corrected chi connectivity index (χ3v) is 15.4. The van der Waals surface area contributed by atoms with Crippen molar-refractivity contribution in [2.45, 2.75) is 177 Å². The van der Waals surface area contributed by atoms with Gasteiger partial charge in [-0.05, 0) is 157 Å². The highest BCUT2D eigenvalue weighted by Crippen LogP contribution is 2.45. The van der Waals surface area contributed by atoms with Gasteiger partial charge in [-0.2, -0.15) is 0 Å². The number of methoxy groups -OCH3 is 1. The summed E-state index contributed by atoms with van der Waals surface area (Å²) in [5.74, 6) is 11.0. The number of carboxylic acid groups (broad SMARTS) is 1. The standard InChI is InChI=1S/C27H38NO5PS.C26H35NO4S.C2H6ClOP.CH4/c1-18-7-9-19(10-8-18)25(29)28(20-11-13-21(14-12-20)33-34(5,6)32)23-17-22(15-16-27(2,3)4)35-24(23)26(30)31;1-17-6-8-18(9-7-17)24(29)27(19-10-12-20(28)13-11-19)22-16-21(14-15-26(2,3)4)32-23(22)25(30)31-5;1-5(2,3)4;/h7,17,19-21H,8-14H2,1-6H3,(H,30,31);6,16,18-20,28H,7-13H2,1-5H3;1-2H3;1H4/t19-,20?,21?;18-,19?,20?;;/m11../s1. The van der Waals surface area contributed by atoms with E-state index in [1.165, 1.54) is 42.9 Å². The summed E-state index contributed by atoms with van der Waals surface area (Å²) in [5.41, 5.74) is 3.30. The lowest BCUT2D eigenvalue weighted by atomic mass is 9.86. The van der Waals surface area contributed by atoms with Gasteiger partial charge in [0.05, 0.1) is 40.4 Å². The molecule has 2 aromatic rings. The summed E-state index contributed by atoms with van der Waals surface area (Å²) in [6, 6.07) is 3.49. The molecule has 0 aliphatic heterocycles. The Labute approximate surface area is 450 Å². The summed E-state index contributed by atoms with van der Waals surface area (Å²) < 4.78 is 33.0. The summed E-state index contributed by atoms with van der Waals surface area (Å²) >= 11 is 7.51. The van der Waals surface area contributed by atoms with E-state index in [2.05, 4.69) is 49.7 Å². The Morgan fingerprint density at radius 2 is 1.07 bits per heavy atom. The molecule has 2 amide bonds. The summed E-state index contributed by atoms with van der Waals surface area (Å²) in [6.07, 6.45) is 14.1. The number of aliphatic hydroxyl groups excluding tert-OH is 1. The van der Waals surface area contributed by atoms with Crippen molar-refractivity contribution >= 4 is 82.9 Å². The Morgan fingerprint density at radius 1 is 0.685 bits per heavy atom. The molecule has 406 valence electrons. The van der Waals surface area contributed by atoms with Crippen molar-refractivity contribution in [3.05, 3.63) is 54.9 Å². The molecule has 2 fully saturated rings. The fraction of sp³-hybridized carbons (Fsp3) is 0.643. The molecule has 2 heterocycles. The van der Waals surface area contributed by atoms with Crippen LogP contribution in [0.4, 0.5) is 11.4 Å². The van der Waals surface area contributed by atoms with E-state index in [1.807, 2.05) is 52.5 Å². The second-order valence-corrected chi connectivity index (χ2v) is 32.1. The predicted molar refractivity (Wildman–Crippen MR) is 304 cm³/mol. The Kier molecular flexibility index (Phi) is 24.1. The first-order chi connectivity index (χ1) is 33.3. The number of anilines is 2. The van der Waals surface area contributed by atoms with Crippen LogP contribution in [0.15, 0.2) is 35.4 Å². The first-order valence-corrected chi connectivity index (χ1v) is 32.8. The average molecular weight is 1110 g/mol. The van der Waals surface area contributed by atoms with Crippen molar-refractivity contribution in [2.75, 3.05) is 43.6 Å². The number of allylic oxidation sites excluding steroid dienone is 4. The molecule has 0 aromatic carbocycles. The summed E-state index contributed by atoms with van der Waals surface area (Å²) in [7, 11) is -1.23. The summed E-state index contributed by atoms with van der Waals surface area (Å²) in [4.78, 5) is 58.2. The molecule has 2 atom stereocenters. The minimum absolute atomic E-state index is 0. The van der Waals surface area contributed by atoms with Crippen LogP contribution in [-0.4, -0.2) is 92.0 Å². The number of aromatic carboxylic acids is 1. The second-order valence-electron chi connectivity index (χ2n) is 22.4. The number of halogens is 1. The largest absolute Gasteiger partial charge is 0.477 e. The Balaban J connectivity index is 0.000000349. The van der Waals surface area contributed by atoms with Gasteiger partial charge in [0.1, 0.15) is 9.75 Å². The number of carbonyl (C=O) groups is 4. The molecule has 2 aromatic heterocycles. The van der Waals surface area contributed by atoms with Crippen molar-refractivity contribution in [3.63, 3.8) is 0 Å². The maximum absolute atomic E-state index is 13.9. The molecular weight excluding hydrogens is 1020 g/mol. The number of rotatable bonds is 10. The monoisotopic (exact) mass is 1100 g/mol. The van der Waals surface area contributed by atoms with Crippen LogP contribution in [0.3, 0.4) is 0 Å². The van der Waals surface area contributed by atoms with Gasteiger partial charge < -0.3 is 33.8 Å². The van der Waals surface area contributed by atoms with Crippen LogP contribution in [0.5, 0.6) is 0 Å². The van der Waals surface area contributed by atoms with Crippen molar-refractivity contribution in [2.24, 2.45) is 22.7 Å². The third kappa shape index (κ3) is 21.2. The second kappa shape index (κ2) is 27.6. The first kappa shape index (κ1) is 63.8. The van der Waals surface area contributed by atoms with Gasteiger partial charge in [0.15, 0.2) is 13.9 Å². The quantitative estimate of drug-likeness (QED) is 0.101. The van der Waals surface area contributed by atoms with Gasteiger partial charge in [0.25, 0.3) is 0 Å². The minimum atomic E-state index is -2.60. The molecule has 2 N–H and O–H groups in total. The van der Waals surface area contributed by atoms with Crippen LogP contribution in [0.2, 0.25) is 0 Å². The zero-order valence-electron chi connectivity index (χ0n) is 44.8. The number of thiophene rings is 2. The average Bonchev–Trinajstić information content (AvgIpc) is 3.90. The topological polar surface area (TPSA) is 168 Å². The van der Waals surface area contributed by atoms with Gasteiger partial charge in [-0.15, -0.1) is 22.7 Å². The number of ether oxygens (including phenoxy) is 1. The molecule has 73 heavy (non-hydrogen) atoms. The van der Waals surface area contributed by atoms with E-state index >= 15 is 0 Å². The fourth-order valence-corrected chi connectivity index (χ4v) is 11.7. The van der Waals surface area contributed by atoms with Gasteiger partial charge in [-0.1, -0.05) is 65.6 Å². The number of amides is 2. The normalized spacial score (nSPS) is 22.2. The van der Waals surface area contributed by atoms with Crippen LogP contribution in [0.1, 0.15) is 182 Å². The molecule has 0 bridgehead atoms. The van der Waals surface area contributed by atoms with Gasteiger partial charge in [0.2, 0.25) is 11.8 Å². The van der Waals surface area contributed by atoms with Crippen LogP contribution >= 0.6 is 47.8 Å². The number of hydrogen-bond acceptors (Lipinski definition) is 11. The number of esters is 1. The summed E-state index contributed by atoms with van der Waals surface area (Å²) in [5, 5.41) is 20.0. The van der Waals surface area contributed by atoms with E-state index in [9.17, 15) is 38.5 Å². The predicted octanol–water partition coefficient (Wildman–Crippen LogP) is 14.5. The SMILES string of the molecule is C.CC1=CC[C@@H](C(=O)N(c2cc(C#CC(C)(C)C)sc2C(=O)O)C2CCC(OP(C)(C)=O)CC2)CC1.COC(=O)c1sc(C#CC(C)(C)C)cc1N(C(=O)[C@@H]1CC=C(C)CC1)C1CCC(O)CC1.CP(C)(=O)Cl. The highest BCUT2D eigenvalue weighted by atomic mass is 35.7. The number of carbonyl (C=O) groups excluding carboxylic acids is 3. The van der Waals surface area contributed by atoms with Crippen LogP contribution < -0.4 is 9.80 Å². The number of carboxylic acids is 1. The van der Waals surface area contributed by atoms with Crippen molar-refractivity contribution in [3.8, 4) is 23.7 Å². The lowest BCUT2D eigenvalue weighted by molar-refractivity contribution is -0.124. The molecule has 0 unspecified atom stereocenters. The van der Waals surface area contributed by atoms with E-state index in [0.29, 0.717) is 78.9 Å². The van der Waals surface area contributed by atoms with Crippen LogP contribution in [0, 0.1) is 46.3 Å². The van der Waals surface area contributed by atoms with Crippen LogP contribution in [-0.2, 0) is 28.0 Å². The van der Waals surface area contributed by atoms with Crippen molar-refractivity contribution in [1.82, 2.24) is 0 Å². The van der Waals surface area contributed by atoms with Gasteiger partial charge in [-0.25, -0.2) is 9.59 Å². The molecule has 12 nitrogen and oxygen atoms in total. The van der Waals surface area contributed by atoms with E-state index in [-0.39, 0.29) is 71.1 Å². The zero-order valence-corrected chi connectivity index (χ0v) is 49.0. The van der Waals surface area contributed by atoms with E-state index in [4.69, 9.17) is 20.5 Å². The van der Waals surface area contributed by atoms with Gasteiger partial charge in [-0.3, -0.25) is 14.2 Å². The van der Waals surface area contributed by atoms with Crippen molar-refractivity contribution in [1.29, 1.82) is 0 Å². The molecule has 17 heteroatoms. The molecular formula is C56H83ClN2O10P2S2. The Hall–Kier alpha value is -3.45. The molecule has 6 rings (SSSR count). The molecule has 4 aliphatic rings. The Morgan fingerprint density at radius 3 is 1.41 bits per heavy atom. The minimum Gasteiger partial charge on any atom is -0.477 e. The van der Waals surface area contributed by atoms with E-state index < -0.39 is 25.8 Å². The maximum Gasteiger partial charge on any atom is 0.350 e. The van der Waals surface area contributed by atoms with E-state index in [1.54, 1.807) is 24.3 Å². The lowest BCUT2D eigenvalue weighted by Crippen LogP contribution is -2.46. The van der Waals surface area contributed by atoms with E-state index in [0.717, 1.165) is 48.3 Å². The first-order valence-electron chi connectivity index (χ1n) is 25.1. The Bertz CT molecular complexity index is 2530. The number of nitrogens with zero attached hydrogens (tertiary/aromatic N) is 2. The maximum atomic E-state index is 13.9. The lowest BCUT2D eigenvalue weighted by Gasteiger charge is -2.39.